The van der Waals surface area contributed by atoms with Crippen LogP contribution in [0.3, 0.4) is 0 Å². The maximum Gasteiger partial charge on any atom is 0.00767 e. The summed E-state index contributed by atoms with van der Waals surface area (Å²) in [6.45, 7) is 9.23. The third-order valence-corrected chi connectivity index (χ3v) is 3.77. The minimum absolute atomic E-state index is 0.344. The van der Waals surface area contributed by atoms with Crippen LogP contribution in [0.1, 0.15) is 40.5 Å². The van der Waals surface area contributed by atoms with E-state index in [1.165, 1.54) is 24.0 Å². The van der Waals surface area contributed by atoms with E-state index in [0.717, 1.165) is 5.92 Å². The van der Waals surface area contributed by atoms with Crippen LogP contribution in [-0.4, -0.2) is 0 Å². The van der Waals surface area contributed by atoms with Gasteiger partial charge in [-0.05, 0) is 32.6 Å². The molecule has 2 atom stereocenters. The number of hydrogen-bond donors (Lipinski definition) is 0. The quantitative estimate of drug-likeness (QED) is 0.533. The van der Waals surface area contributed by atoms with E-state index >= 15 is 0 Å². The highest BCUT2D eigenvalue weighted by Gasteiger charge is 2.37. The second-order valence-electron chi connectivity index (χ2n) is 5.18. The van der Waals surface area contributed by atoms with Crippen LogP contribution in [0.15, 0.2) is 34.9 Å². The number of allylic oxidation sites excluding steroid dienone is 6. The van der Waals surface area contributed by atoms with Crippen LogP contribution >= 0.6 is 0 Å². The number of hydrogen-bond acceptors (Lipinski definition) is 0. The summed E-state index contributed by atoms with van der Waals surface area (Å²) in [6, 6.07) is 0. The molecule has 0 heterocycles. The molecule has 0 heteroatoms. The van der Waals surface area contributed by atoms with E-state index in [1.807, 2.05) is 0 Å². The van der Waals surface area contributed by atoms with E-state index in [-0.39, 0.29) is 0 Å². The highest BCUT2D eigenvalue weighted by Crippen LogP contribution is 2.50. The largest absolute Gasteiger partial charge is 0.0716 e. The lowest BCUT2D eigenvalue weighted by Gasteiger charge is -2.24. The van der Waals surface area contributed by atoms with E-state index in [4.69, 9.17) is 0 Å². The molecule has 2 unspecified atom stereocenters. The third-order valence-electron chi connectivity index (χ3n) is 3.77. The van der Waals surface area contributed by atoms with Crippen LogP contribution in [0.2, 0.25) is 0 Å². The molecule has 1 fully saturated rings. The molecule has 2 aliphatic carbocycles. The average Bonchev–Trinajstić information content (AvgIpc) is 2.32. The van der Waals surface area contributed by atoms with Gasteiger partial charge in [0.2, 0.25) is 0 Å². The first kappa shape index (κ1) is 9.76. The summed E-state index contributed by atoms with van der Waals surface area (Å²) in [5.41, 5.74) is 4.92. The van der Waals surface area contributed by atoms with Crippen LogP contribution in [0.5, 0.6) is 0 Å². The van der Waals surface area contributed by atoms with Crippen LogP contribution in [0.25, 0.3) is 0 Å². The third kappa shape index (κ3) is 1.37. The predicted molar refractivity (Wildman–Crippen MR) is 62.1 cm³/mol. The first-order valence-electron chi connectivity index (χ1n) is 5.62. The first-order valence-corrected chi connectivity index (χ1v) is 5.62. The molecule has 2 aliphatic rings. The lowest BCUT2D eigenvalue weighted by Crippen LogP contribution is -2.13. The van der Waals surface area contributed by atoms with Gasteiger partial charge in [0.15, 0.2) is 0 Å². The molecule has 0 aromatic rings. The highest BCUT2D eigenvalue weighted by molar-refractivity contribution is 5.43. The smallest absolute Gasteiger partial charge is 0.00767 e. The number of fused-ring (bicyclic) bond motifs is 1. The summed E-state index contributed by atoms with van der Waals surface area (Å²) in [6.07, 6.45) is 9.66. The first-order chi connectivity index (χ1) is 6.53. The Balaban J connectivity index is 2.56. The van der Waals surface area contributed by atoms with Gasteiger partial charge >= 0.3 is 0 Å². The molecule has 1 saturated carbocycles. The summed E-state index contributed by atoms with van der Waals surface area (Å²) in [7, 11) is 0. The molecule has 0 nitrogen and oxygen atoms in total. The minimum Gasteiger partial charge on any atom is -0.0716 e. The van der Waals surface area contributed by atoms with Gasteiger partial charge in [-0.2, -0.15) is 0 Å². The van der Waals surface area contributed by atoms with Crippen molar-refractivity contribution >= 4 is 0 Å². The summed E-state index contributed by atoms with van der Waals surface area (Å²) in [5, 5.41) is 0. The van der Waals surface area contributed by atoms with Gasteiger partial charge in [0.05, 0.1) is 0 Å². The zero-order valence-electron chi connectivity index (χ0n) is 9.72. The summed E-state index contributed by atoms with van der Waals surface area (Å²) in [5.74, 6) is 0.770. The topological polar surface area (TPSA) is 0 Å². The van der Waals surface area contributed by atoms with E-state index < -0.39 is 0 Å². The molecular formula is C14H20. The fraction of sp³-hybridized carbons (Fsp3) is 0.571. The van der Waals surface area contributed by atoms with E-state index in [2.05, 4.69) is 45.9 Å². The normalized spacial score (nSPS) is 36.9. The second-order valence-corrected chi connectivity index (χ2v) is 5.18. The van der Waals surface area contributed by atoms with Crippen molar-refractivity contribution in [3.8, 4) is 0 Å². The lowest BCUT2D eigenvalue weighted by atomic mass is 9.80. The SMILES string of the molecule is CC1=CC2(C)CCC(C)C2=C(C)C=C1. The Labute approximate surface area is 87.4 Å². The standard InChI is InChI=1S/C14H20/c1-10-5-6-11(2)13-12(3)7-8-14(13,4)9-10/h5-6,9,12H,7-8H2,1-4H3. The van der Waals surface area contributed by atoms with Gasteiger partial charge in [0.1, 0.15) is 0 Å². The van der Waals surface area contributed by atoms with Gasteiger partial charge in [-0.25, -0.2) is 0 Å². The van der Waals surface area contributed by atoms with Crippen molar-refractivity contribution < 1.29 is 0 Å². The molecule has 0 saturated heterocycles. The molecule has 0 aromatic heterocycles. The molecular weight excluding hydrogens is 168 g/mol. The molecule has 76 valence electrons. The minimum atomic E-state index is 0.344. The van der Waals surface area contributed by atoms with Crippen LogP contribution < -0.4 is 0 Å². The summed E-state index contributed by atoms with van der Waals surface area (Å²) >= 11 is 0. The van der Waals surface area contributed by atoms with Crippen molar-refractivity contribution in [1.29, 1.82) is 0 Å². The van der Waals surface area contributed by atoms with Crippen molar-refractivity contribution in [2.45, 2.75) is 40.5 Å². The lowest BCUT2D eigenvalue weighted by molar-refractivity contribution is 0.525. The monoisotopic (exact) mass is 188 g/mol. The van der Waals surface area contributed by atoms with Crippen LogP contribution in [0, 0.1) is 11.3 Å². The van der Waals surface area contributed by atoms with Crippen LogP contribution in [0.4, 0.5) is 0 Å². The average molecular weight is 188 g/mol. The Morgan fingerprint density at radius 2 is 2.00 bits per heavy atom. The summed E-state index contributed by atoms with van der Waals surface area (Å²) < 4.78 is 0. The molecule has 2 rings (SSSR count). The fourth-order valence-electron chi connectivity index (χ4n) is 3.24. The maximum atomic E-state index is 2.46. The van der Waals surface area contributed by atoms with E-state index in [0.29, 0.717) is 5.41 Å². The van der Waals surface area contributed by atoms with Gasteiger partial charge in [0, 0.05) is 5.41 Å². The Hall–Kier alpha value is -0.780. The Morgan fingerprint density at radius 1 is 1.29 bits per heavy atom. The van der Waals surface area contributed by atoms with Crippen molar-refractivity contribution in [2.75, 3.05) is 0 Å². The highest BCUT2D eigenvalue weighted by atomic mass is 14.4. The molecule has 0 bridgehead atoms. The Morgan fingerprint density at radius 3 is 2.71 bits per heavy atom. The second kappa shape index (κ2) is 3.12. The van der Waals surface area contributed by atoms with Crippen molar-refractivity contribution in [3.63, 3.8) is 0 Å². The van der Waals surface area contributed by atoms with Crippen molar-refractivity contribution in [1.82, 2.24) is 0 Å². The zero-order chi connectivity index (χ0) is 10.3. The molecule has 0 radical (unpaired) electrons. The van der Waals surface area contributed by atoms with Crippen LogP contribution in [-0.2, 0) is 0 Å². The molecule has 0 aromatic carbocycles. The van der Waals surface area contributed by atoms with Gasteiger partial charge < -0.3 is 0 Å². The number of rotatable bonds is 0. The maximum absolute atomic E-state index is 2.46. The predicted octanol–water partition coefficient (Wildman–Crippen LogP) is 4.26. The molecule has 0 N–H and O–H groups in total. The van der Waals surface area contributed by atoms with E-state index in [1.54, 1.807) is 5.57 Å². The fourth-order valence-corrected chi connectivity index (χ4v) is 3.24. The van der Waals surface area contributed by atoms with Gasteiger partial charge in [0.25, 0.3) is 0 Å². The van der Waals surface area contributed by atoms with E-state index in [9.17, 15) is 0 Å². The van der Waals surface area contributed by atoms with Gasteiger partial charge in [-0.1, -0.05) is 48.8 Å². The zero-order valence-corrected chi connectivity index (χ0v) is 9.72. The Kier molecular flexibility index (Phi) is 2.17. The van der Waals surface area contributed by atoms with Crippen molar-refractivity contribution in [3.05, 3.63) is 34.9 Å². The molecule has 0 amide bonds. The van der Waals surface area contributed by atoms with Crippen molar-refractivity contribution in [2.24, 2.45) is 11.3 Å². The summed E-state index contributed by atoms with van der Waals surface area (Å²) in [4.78, 5) is 0. The molecule has 0 aliphatic heterocycles. The molecule has 0 spiro atoms. The molecule has 14 heavy (non-hydrogen) atoms. The van der Waals surface area contributed by atoms with Gasteiger partial charge in [-0.15, -0.1) is 0 Å². The van der Waals surface area contributed by atoms with Gasteiger partial charge in [-0.3, -0.25) is 0 Å². The Bertz CT molecular complexity index is 341.